The Hall–Kier alpha value is -1.04. The Morgan fingerprint density at radius 3 is 3.00 bits per heavy atom. The first-order valence-corrected chi connectivity index (χ1v) is 5.28. The van der Waals surface area contributed by atoms with Crippen molar-refractivity contribution < 1.29 is 13.9 Å². The van der Waals surface area contributed by atoms with Crippen LogP contribution in [0.1, 0.15) is 11.6 Å². The summed E-state index contributed by atoms with van der Waals surface area (Å²) in [6.07, 6.45) is 2.73. The van der Waals surface area contributed by atoms with Gasteiger partial charge in [-0.05, 0) is 18.7 Å². The molecule has 0 radical (unpaired) electrons. The minimum Gasteiger partial charge on any atom is -0.376 e. The Morgan fingerprint density at radius 1 is 1.50 bits per heavy atom. The normalized spacial score (nSPS) is 23.0. The lowest BCUT2D eigenvalue weighted by atomic mass is 10.0. The second-order valence-corrected chi connectivity index (χ2v) is 3.69. The van der Waals surface area contributed by atoms with Gasteiger partial charge in [0.15, 0.2) is 0 Å². The van der Waals surface area contributed by atoms with Gasteiger partial charge in [0.1, 0.15) is 11.9 Å². The van der Waals surface area contributed by atoms with Crippen molar-refractivity contribution in [2.24, 2.45) is 0 Å². The summed E-state index contributed by atoms with van der Waals surface area (Å²) < 4.78 is 24.0. The van der Waals surface area contributed by atoms with E-state index in [1.165, 1.54) is 12.3 Å². The molecule has 0 aliphatic carbocycles. The quantitative estimate of drug-likeness (QED) is 0.831. The lowest BCUT2D eigenvalue weighted by Crippen LogP contribution is -2.39. The lowest BCUT2D eigenvalue weighted by Gasteiger charge is -2.30. The monoisotopic (exact) mass is 226 g/mol. The van der Waals surface area contributed by atoms with Crippen LogP contribution in [0.4, 0.5) is 4.39 Å². The predicted octanol–water partition coefficient (Wildman–Crippen LogP) is 0.897. The zero-order valence-corrected chi connectivity index (χ0v) is 9.15. The van der Waals surface area contributed by atoms with Gasteiger partial charge in [-0.3, -0.25) is 4.98 Å². The van der Waals surface area contributed by atoms with Crippen molar-refractivity contribution in [1.82, 2.24) is 10.3 Å². The van der Waals surface area contributed by atoms with Gasteiger partial charge in [0.2, 0.25) is 0 Å². The fraction of sp³-hybridized carbons (Fsp3) is 0.545. The number of aromatic nitrogens is 1. The molecule has 0 amide bonds. The van der Waals surface area contributed by atoms with E-state index in [1.54, 1.807) is 6.20 Å². The van der Waals surface area contributed by atoms with Crippen LogP contribution in [0, 0.1) is 5.82 Å². The minimum absolute atomic E-state index is 0.0940. The van der Waals surface area contributed by atoms with Gasteiger partial charge in [-0.15, -0.1) is 0 Å². The highest BCUT2D eigenvalue weighted by Crippen LogP contribution is 2.21. The summed E-state index contributed by atoms with van der Waals surface area (Å²) >= 11 is 0. The van der Waals surface area contributed by atoms with Crippen LogP contribution < -0.4 is 5.32 Å². The highest BCUT2D eigenvalue weighted by Gasteiger charge is 2.25. The number of pyridine rings is 1. The summed E-state index contributed by atoms with van der Waals surface area (Å²) in [5.41, 5.74) is 0.776. The van der Waals surface area contributed by atoms with Crippen molar-refractivity contribution >= 4 is 0 Å². The van der Waals surface area contributed by atoms with Gasteiger partial charge in [0.25, 0.3) is 0 Å². The van der Waals surface area contributed by atoms with Gasteiger partial charge in [-0.1, -0.05) is 0 Å². The third-order valence-electron chi connectivity index (χ3n) is 2.61. The van der Waals surface area contributed by atoms with E-state index in [0.29, 0.717) is 19.8 Å². The molecule has 0 saturated carbocycles. The maximum Gasteiger partial charge on any atom is 0.141 e. The molecule has 2 heterocycles. The first-order chi connectivity index (χ1) is 7.81. The van der Waals surface area contributed by atoms with Crippen LogP contribution in [0.5, 0.6) is 0 Å². The van der Waals surface area contributed by atoms with Crippen LogP contribution in [-0.4, -0.2) is 38.0 Å². The topological polar surface area (TPSA) is 43.4 Å². The zero-order chi connectivity index (χ0) is 11.4. The van der Waals surface area contributed by atoms with Crippen LogP contribution in [0.15, 0.2) is 18.5 Å². The number of hydrogen-bond acceptors (Lipinski definition) is 4. The Balaban J connectivity index is 2.14. The molecule has 1 fully saturated rings. The van der Waals surface area contributed by atoms with Gasteiger partial charge < -0.3 is 14.8 Å². The number of likely N-dealkylation sites (N-methyl/N-ethyl adjacent to an activating group) is 1. The Kier molecular flexibility index (Phi) is 3.82. The maximum atomic E-state index is 13.1. The van der Waals surface area contributed by atoms with E-state index in [-0.39, 0.29) is 18.0 Å². The van der Waals surface area contributed by atoms with Crippen molar-refractivity contribution in [2.45, 2.75) is 12.1 Å². The molecule has 1 aromatic rings. The fourth-order valence-corrected chi connectivity index (χ4v) is 1.86. The molecule has 0 bridgehead atoms. The van der Waals surface area contributed by atoms with E-state index in [2.05, 4.69) is 10.3 Å². The molecule has 4 nitrogen and oxygen atoms in total. The molecule has 2 atom stereocenters. The van der Waals surface area contributed by atoms with Crippen molar-refractivity contribution in [3.8, 4) is 0 Å². The van der Waals surface area contributed by atoms with Gasteiger partial charge in [-0.2, -0.15) is 0 Å². The summed E-state index contributed by atoms with van der Waals surface area (Å²) in [7, 11) is 1.81. The SMILES string of the molecule is CNC(c1cncc(F)c1)C1COCCO1. The van der Waals surface area contributed by atoms with Crippen LogP contribution in [0.2, 0.25) is 0 Å². The van der Waals surface area contributed by atoms with E-state index in [1.807, 2.05) is 7.05 Å². The molecule has 16 heavy (non-hydrogen) atoms. The number of halogens is 1. The number of ether oxygens (including phenoxy) is 2. The summed E-state index contributed by atoms with van der Waals surface area (Å²) in [4.78, 5) is 3.84. The van der Waals surface area contributed by atoms with Gasteiger partial charge >= 0.3 is 0 Å². The highest BCUT2D eigenvalue weighted by atomic mass is 19.1. The summed E-state index contributed by atoms with van der Waals surface area (Å²) in [5.74, 6) is -0.338. The van der Waals surface area contributed by atoms with E-state index >= 15 is 0 Å². The molecule has 1 saturated heterocycles. The average Bonchev–Trinajstić information content (AvgIpc) is 2.31. The van der Waals surface area contributed by atoms with Crippen LogP contribution >= 0.6 is 0 Å². The van der Waals surface area contributed by atoms with E-state index in [9.17, 15) is 4.39 Å². The Labute approximate surface area is 93.8 Å². The Morgan fingerprint density at radius 2 is 2.38 bits per heavy atom. The summed E-state index contributed by atoms with van der Waals surface area (Å²) in [6.45, 7) is 1.71. The molecule has 1 aliphatic rings. The first kappa shape index (κ1) is 11.4. The predicted molar refractivity (Wildman–Crippen MR) is 56.6 cm³/mol. The molecule has 1 aliphatic heterocycles. The molecule has 1 N–H and O–H groups in total. The molecule has 5 heteroatoms. The first-order valence-electron chi connectivity index (χ1n) is 5.28. The second-order valence-electron chi connectivity index (χ2n) is 3.69. The van der Waals surface area contributed by atoms with Crippen molar-refractivity contribution in [3.05, 3.63) is 29.8 Å². The second kappa shape index (κ2) is 5.34. The van der Waals surface area contributed by atoms with Gasteiger partial charge in [0.05, 0.1) is 32.1 Å². The highest BCUT2D eigenvalue weighted by molar-refractivity contribution is 5.16. The van der Waals surface area contributed by atoms with Crippen LogP contribution in [0.3, 0.4) is 0 Å². The largest absolute Gasteiger partial charge is 0.376 e. The number of hydrogen-bond donors (Lipinski definition) is 1. The molecule has 88 valence electrons. The lowest BCUT2D eigenvalue weighted by molar-refractivity contribution is -0.101. The molecule has 0 spiro atoms. The Bertz CT molecular complexity index is 343. The zero-order valence-electron chi connectivity index (χ0n) is 9.15. The van der Waals surface area contributed by atoms with E-state index < -0.39 is 0 Å². The average molecular weight is 226 g/mol. The molecular formula is C11H15FN2O2. The molecule has 2 rings (SSSR count). The summed E-state index contributed by atoms with van der Waals surface area (Å²) in [6, 6.07) is 1.37. The minimum atomic E-state index is -0.338. The van der Waals surface area contributed by atoms with Crippen molar-refractivity contribution in [1.29, 1.82) is 0 Å². The standard InChI is InChI=1S/C11H15FN2O2/c1-13-11(10-7-15-2-3-16-10)8-4-9(12)6-14-5-8/h4-6,10-11,13H,2-3,7H2,1H3. The van der Waals surface area contributed by atoms with Crippen molar-refractivity contribution in [2.75, 3.05) is 26.9 Å². The van der Waals surface area contributed by atoms with Gasteiger partial charge in [-0.25, -0.2) is 4.39 Å². The number of nitrogens with one attached hydrogen (secondary N) is 1. The molecule has 0 aromatic carbocycles. The van der Waals surface area contributed by atoms with E-state index in [0.717, 1.165) is 5.56 Å². The van der Waals surface area contributed by atoms with E-state index in [4.69, 9.17) is 9.47 Å². The van der Waals surface area contributed by atoms with Crippen molar-refractivity contribution in [3.63, 3.8) is 0 Å². The van der Waals surface area contributed by atoms with Gasteiger partial charge in [0, 0.05) is 6.20 Å². The fourth-order valence-electron chi connectivity index (χ4n) is 1.86. The third-order valence-corrected chi connectivity index (χ3v) is 2.61. The summed E-state index contributed by atoms with van der Waals surface area (Å²) in [5, 5.41) is 3.10. The van der Waals surface area contributed by atoms with Crippen LogP contribution in [0.25, 0.3) is 0 Å². The maximum absolute atomic E-state index is 13.1. The molecule has 2 unspecified atom stereocenters. The number of nitrogens with zero attached hydrogens (tertiary/aromatic N) is 1. The molecular weight excluding hydrogens is 211 g/mol. The van der Waals surface area contributed by atoms with Crippen LogP contribution in [-0.2, 0) is 9.47 Å². The molecule has 1 aromatic heterocycles. The smallest absolute Gasteiger partial charge is 0.141 e. The number of rotatable bonds is 3. The third kappa shape index (κ3) is 2.55.